The minimum absolute atomic E-state index is 0.0224. The highest BCUT2D eigenvalue weighted by Crippen LogP contribution is 2.42. The molecule has 0 saturated carbocycles. The van der Waals surface area contributed by atoms with E-state index < -0.39 is 46.5 Å². The summed E-state index contributed by atoms with van der Waals surface area (Å²) >= 11 is 1.66. The zero-order valence-corrected chi connectivity index (χ0v) is 36.9. The molecule has 1 unspecified atom stereocenters. The highest BCUT2D eigenvalue weighted by molar-refractivity contribution is 7.09. The average molecular weight is 738 g/mol. The molecule has 0 aliphatic rings. The lowest BCUT2D eigenvalue weighted by molar-refractivity contribution is -0.147. The predicted molar refractivity (Wildman–Crippen MR) is 212 cm³/mol. The number of carboxylic acid groups (broad SMARTS) is 1. The number of aliphatic carboxylic acids is 1. The molecule has 49 heavy (non-hydrogen) atoms. The lowest BCUT2D eigenvalue weighted by atomic mass is 9.73. The zero-order chi connectivity index (χ0) is 38.3. The van der Waals surface area contributed by atoms with E-state index >= 15 is 0 Å². The monoisotopic (exact) mass is 737 g/mol. The molecule has 10 heteroatoms. The number of aliphatic hydroxyl groups is 1. The fourth-order valence-corrected chi connectivity index (χ4v) is 8.85. The molecule has 1 aromatic heterocycles. The Bertz CT molecular complexity index is 1300. The summed E-state index contributed by atoms with van der Waals surface area (Å²) in [6.07, 6.45) is 5.96. The molecule has 2 N–H and O–H groups in total. The van der Waals surface area contributed by atoms with Gasteiger partial charge in [-0.3, -0.25) is 9.59 Å². The Morgan fingerprint density at radius 2 is 1.49 bits per heavy atom. The number of Topliss-reactive ketones (excluding diaryl/α,β-unsaturated/α-hetero) is 1. The summed E-state index contributed by atoms with van der Waals surface area (Å²) in [4.78, 5) is 29.9. The maximum Gasteiger partial charge on any atom is 0.306 e. The quantitative estimate of drug-likeness (QED) is 0.108. The van der Waals surface area contributed by atoms with Crippen molar-refractivity contribution in [2.24, 2.45) is 17.3 Å². The first kappa shape index (κ1) is 45.6. The molecule has 5 atom stereocenters. The van der Waals surface area contributed by atoms with Gasteiger partial charge < -0.3 is 19.1 Å². The van der Waals surface area contributed by atoms with Crippen LogP contribution in [0.4, 0.5) is 0 Å². The molecule has 0 aromatic carbocycles. The Balaban J connectivity index is 3.19. The molecule has 0 amide bonds. The number of aromatic nitrogens is 1. The number of carbonyl (C=O) groups is 2. The number of nitrogens with zero attached hydrogens (tertiary/aromatic N) is 1. The van der Waals surface area contributed by atoms with Crippen LogP contribution in [0.1, 0.15) is 126 Å². The number of carbonyl (C=O) groups excluding carboxylic acids is 1. The van der Waals surface area contributed by atoms with Gasteiger partial charge in [0.05, 0.1) is 40.8 Å². The van der Waals surface area contributed by atoms with Gasteiger partial charge in [-0.2, -0.15) is 0 Å². The Kier molecular flexibility index (Phi) is 16.6. The first-order valence-electron chi connectivity index (χ1n) is 18.1. The van der Waals surface area contributed by atoms with E-state index in [0.717, 1.165) is 36.4 Å². The average Bonchev–Trinajstić information content (AvgIpc) is 3.35. The van der Waals surface area contributed by atoms with Gasteiger partial charge in [0.1, 0.15) is 5.78 Å². The third-order valence-electron chi connectivity index (χ3n) is 11.2. The van der Waals surface area contributed by atoms with Gasteiger partial charge in [-0.1, -0.05) is 80.9 Å². The summed E-state index contributed by atoms with van der Waals surface area (Å²) in [5.74, 6) is -1.68. The van der Waals surface area contributed by atoms with Crippen LogP contribution in [0.15, 0.2) is 22.6 Å². The summed E-state index contributed by atoms with van der Waals surface area (Å²) in [5, 5.41) is 23.2. The highest BCUT2D eigenvalue weighted by atomic mass is 32.1. The van der Waals surface area contributed by atoms with Gasteiger partial charge in [-0.25, -0.2) is 4.98 Å². The molecule has 282 valence electrons. The second kappa shape index (κ2) is 17.9. The smallest absolute Gasteiger partial charge is 0.306 e. The molecule has 0 bridgehead atoms. The number of rotatable bonds is 19. The first-order valence-corrected chi connectivity index (χ1v) is 24.8. The molecule has 0 fully saturated rings. The fourth-order valence-electron chi connectivity index (χ4n) is 5.46. The van der Waals surface area contributed by atoms with Crippen LogP contribution < -0.4 is 0 Å². The Morgan fingerprint density at radius 3 is 1.96 bits per heavy atom. The van der Waals surface area contributed by atoms with E-state index in [4.69, 9.17) is 8.85 Å². The largest absolute Gasteiger partial charge is 0.481 e. The van der Waals surface area contributed by atoms with Crippen molar-refractivity contribution >= 4 is 45.8 Å². The summed E-state index contributed by atoms with van der Waals surface area (Å²) in [7, 11) is -4.27. The Morgan fingerprint density at radius 1 is 0.959 bits per heavy atom. The molecule has 1 heterocycles. The number of allylic oxidation sites excluding steroid dienone is 1. The summed E-state index contributed by atoms with van der Waals surface area (Å²) in [6.45, 7) is 36.2. The van der Waals surface area contributed by atoms with Crippen LogP contribution in [0.5, 0.6) is 0 Å². The Labute approximate surface area is 305 Å². The molecule has 7 nitrogen and oxygen atoms in total. The zero-order valence-electron chi connectivity index (χ0n) is 34.0. The van der Waals surface area contributed by atoms with Crippen LogP contribution in [-0.2, 0) is 18.4 Å². The van der Waals surface area contributed by atoms with E-state index in [-0.39, 0.29) is 34.0 Å². The molecule has 0 aliphatic carbocycles. The number of aliphatic hydroxyl groups excluding tert-OH is 1. The molecule has 0 saturated heterocycles. The normalized spacial score (nSPS) is 17.4. The van der Waals surface area contributed by atoms with Crippen LogP contribution >= 0.6 is 11.3 Å². The SMILES string of the molecule is CC(=CCC(O[Si](C)(C)C(C)(C)C)C(C)=Cc1csc(C)n1)CCC[C@H](C)[C@H](O[Si](C)(C)C(C)(C)C)[C@@H](C)C(=O)C(C)(C)[C@H](O)CC(=O)O. The molecular formula is C39H71NO6SSi2. The first-order chi connectivity index (χ1) is 22.0. The van der Waals surface area contributed by atoms with Gasteiger partial charge in [0.15, 0.2) is 16.6 Å². The summed E-state index contributed by atoms with van der Waals surface area (Å²) < 4.78 is 13.9. The van der Waals surface area contributed by atoms with Gasteiger partial charge in [0.2, 0.25) is 0 Å². The predicted octanol–water partition coefficient (Wildman–Crippen LogP) is 10.8. The van der Waals surface area contributed by atoms with E-state index in [1.165, 1.54) is 11.1 Å². The molecule has 0 spiro atoms. The van der Waals surface area contributed by atoms with Gasteiger partial charge in [0, 0.05) is 11.3 Å². The van der Waals surface area contributed by atoms with Crippen molar-refractivity contribution in [3.8, 4) is 0 Å². The molecule has 0 radical (unpaired) electrons. The van der Waals surface area contributed by atoms with Gasteiger partial charge in [-0.05, 0) is 100 Å². The molecule has 1 aromatic rings. The lowest BCUT2D eigenvalue weighted by Crippen LogP contribution is -2.51. The number of thiazole rings is 1. The van der Waals surface area contributed by atoms with Gasteiger partial charge in [0.25, 0.3) is 0 Å². The van der Waals surface area contributed by atoms with Crippen LogP contribution in [-0.4, -0.2) is 61.9 Å². The third kappa shape index (κ3) is 13.6. The van der Waals surface area contributed by atoms with Crippen molar-refractivity contribution in [3.63, 3.8) is 0 Å². The van der Waals surface area contributed by atoms with Crippen molar-refractivity contribution in [2.45, 2.75) is 177 Å². The van der Waals surface area contributed by atoms with Crippen molar-refractivity contribution in [2.75, 3.05) is 0 Å². The van der Waals surface area contributed by atoms with E-state index in [2.05, 4.69) is 111 Å². The standard InChI is InChI=1S/C39H71NO6SSi2/c1-26(21-22-32(45-48(14,15)37(6,7)8)28(3)23-31-25-47-30(5)40-31)19-18-20-27(2)35(46-49(16,17)38(9,10)11)29(4)36(44)39(12,13)33(41)24-34(42)43/h21,23,25,27,29,32-33,35,41H,18-20,22,24H2,1-17H3,(H,42,43)/t27-,29+,32?,33+,35-/m0/s1. The minimum atomic E-state index is -2.25. The highest BCUT2D eigenvalue weighted by Gasteiger charge is 2.46. The number of carboxylic acids is 1. The lowest BCUT2D eigenvalue weighted by Gasteiger charge is -2.44. The minimum Gasteiger partial charge on any atom is -0.481 e. The van der Waals surface area contributed by atoms with Crippen molar-refractivity contribution < 1.29 is 28.7 Å². The van der Waals surface area contributed by atoms with Gasteiger partial charge in [-0.15, -0.1) is 11.3 Å². The van der Waals surface area contributed by atoms with Crippen LogP contribution in [0, 0.1) is 24.2 Å². The second-order valence-corrected chi connectivity index (χ2v) is 28.6. The second-order valence-electron chi connectivity index (χ2n) is 18.0. The van der Waals surface area contributed by atoms with Gasteiger partial charge >= 0.3 is 5.97 Å². The maximum absolute atomic E-state index is 13.9. The summed E-state index contributed by atoms with van der Waals surface area (Å²) in [5.41, 5.74) is 2.28. The number of hydrogen-bond acceptors (Lipinski definition) is 7. The van der Waals surface area contributed by atoms with E-state index in [1.54, 1.807) is 25.2 Å². The summed E-state index contributed by atoms with van der Waals surface area (Å²) in [6, 6.07) is 0. The maximum atomic E-state index is 13.9. The topological polar surface area (TPSA) is 106 Å². The van der Waals surface area contributed by atoms with Crippen molar-refractivity contribution in [1.82, 2.24) is 4.98 Å². The Hall–Kier alpha value is -1.44. The molecule has 0 aliphatic heterocycles. The number of aryl methyl sites for hydroxylation is 1. The number of ketones is 1. The number of hydrogen-bond donors (Lipinski definition) is 2. The molecular weight excluding hydrogens is 667 g/mol. The van der Waals surface area contributed by atoms with Crippen molar-refractivity contribution in [1.29, 1.82) is 0 Å². The van der Waals surface area contributed by atoms with Crippen LogP contribution in [0.2, 0.25) is 36.3 Å². The van der Waals surface area contributed by atoms with E-state index in [9.17, 15) is 19.8 Å². The van der Waals surface area contributed by atoms with E-state index in [1.807, 2.05) is 13.8 Å². The van der Waals surface area contributed by atoms with Crippen molar-refractivity contribution in [3.05, 3.63) is 33.3 Å². The molecule has 1 rings (SSSR count). The van der Waals surface area contributed by atoms with Crippen LogP contribution in [0.3, 0.4) is 0 Å². The van der Waals surface area contributed by atoms with E-state index in [0.29, 0.717) is 0 Å². The fraction of sp³-hybridized carbons (Fsp3) is 0.769. The third-order valence-corrected chi connectivity index (χ3v) is 21.0. The van der Waals surface area contributed by atoms with Crippen LogP contribution in [0.25, 0.3) is 6.08 Å².